The number of carboxylic acids is 1. The molecule has 0 bridgehead atoms. The lowest BCUT2D eigenvalue weighted by molar-refractivity contribution is -0.138. The van der Waals surface area contributed by atoms with Gasteiger partial charge in [0, 0.05) is 18.1 Å². The van der Waals surface area contributed by atoms with Crippen LogP contribution in [0.25, 0.3) is 0 Å². The lowest BCUT2D eigenvalue weighted by Gasteiger charge is -2.17. The summed E-state index contributed by atoms with van der Waals surface area (Å²) in [5.74, 6) is -2.57. The molecule has 1 unspecified atom stereocenters. The molecule has 0 aromatic heterocycles. The summed E-state index contributed by atoms with van der Waals surface area (Å²) in [6, 6.07) is 2.59. The fourth-order valence-electron chi connectivity index (χ4n) is 2.13. The Morgan fingerprint density at radius 2 is 1.96 bits per heavy atom. The van der Waals surface area contributed by atoms with E-state index in [9.17, 15) is 24.6 Å². The second-order valence-corrected chi connectivity index (χ2v) is 5.03. The van der Waals surface area contributed by atoms with Crippen molar-refractivity contribution in [2.24, 2.45) is 0 Å². The number of aromatic carboxylic acids is 1. The Kier molecular flexibility index (Phi) is 7.61. The largest absolute Gasteiger partial charge is 0.490 e. The fraction of sp³-hybridized carbons (Fsp3) is 0.353. The van der Waals surface area contributed by atoms with Crippen LogP contribution in [0.1, 0.15) is 33.2 Å². The van der Waals surface area contributed by atoms with E-state index in [4.69, 9.17) is 9.47 Å². The highest BCUT2D eigenvalue weighted by Gasteiger charge is 2.25. The van der Waals surface area contributed by atoms with Gasteiger partial charge in [-0.25, -0.2) is 14.4 Å². The molecule has 8 heteroatoms. The lowest BCUT2D eigenvalue weighted by atomic mass is 9.95. The van der Waals surface area contributed by atoms with Gasteiger partial charge < -0.3 is 24.4 Å². The molecule has 136 valence electrons. The summed E-state index contributed by atoms with van der Waals surface area (Å²) < 4.78 is 14.9. The van der Waals surface area contributed by atoms with Crippen LogP contribution >= 0.6 is 0 Å². The summed E-state index contributed by atoms with van der Waals surface area (Å²) in [6.45, 7) is 4.66. The molecule has 1 rings (SSSR count). The average Bonchev–Trinajstić information content (AvgIpc) is 2.57. The quantitative estimate of drug-likeness (QED) is 0.386. The highest BCUT2D eigenvalue weighted by Crippen LogP contribution is 2.28. The lowest BCUT2D eigenvalue weighted by Crippen LogP contribution is -2.19. The standard InChI is InChI=1S/C17H20O8/c1-4-14(19)25-8-7-24-13-6-5-11(16(20)21)15(17(22)23-3)12(13)9-10(2)18/h4-6,10,18H,1,7-9H2,2-3H3,(H,20,21). The Bertz CT molecular complexity index is 663. The van der Waals surface area contributed by atoms with Crippen molar-refractivity contribution in [2.45, 2.75) is 19.4 Å². The van der Waals surface area contributed by atoms with E-state index in [-0.39, 0.29) is 42.1 Å². The van der Waals surface area contributed by atoms with E-state index in [1.54, 1.807) is 0 Å². The first kappa shape index (κ1) is 20.2. The second kappa shape index (κ2) is 9.43. The van der Waals surface area contributed by atoms with Gasteiger partial charge >= 0.3 is 17.9 Å². The molecule has 0 radical (unpaired) electrons. The Balaban J connectivity index is 3.18. The van der Waals surface area contributed by atoms with Gasteiger partial charge in [0.1, 0.15) is 19.0 Å². The predicted octanol–water partition coefficient (Wildman–Crippen LogP) is 1.20. The third-order valence-electron chi connectivity index (χ3n) is 3.14. The minimum Gasteiger partial charge on any atom is -0.490 e. The van der Waals surface area contributed by atoms with E-state index < -0.39 is 24.0 Å². The molecule has 0 saturated carbocycles. The molecular weight excluding hydrogens is 332 g/mol. The van der Waals surface area contributed by atoms with Crippen LogP contribution in [0, 0.1) is 0 Å². The number of aliphatic hydroxyl groups is 1. The molecule has 1 atom stereocenters. The summed E-state index contributed by atoms with van der Waals surface area (Å²) in [6.07, 6.45) is 0.136. The molecule has 1 aromatic carbocycles. The summed E-state index contributed by atoms with van der Waals surface area (Å²) >= 11 is 0. The van der Waals surface area contributed by atoms with E-state index in [0.29, 0.717) is 0 Å². The van der Waals surface area contributed by atoms with Gasteiger partial charge in [0.15, 0.2) is 0 Å². The third kappa shape index (κ3) is 5.61. The van der Waals surface area contributed by atoms with E-state index >= 15 is 0 Å². The third-order valence-corrected chi connectivity index (χ3v) is 3.14. The summed E-state index contributed by atoms with van der Waals surface area (Å²) in [7, 11) is 1.13. The highest BCUT2D eigenvalue weighted by atomic mass is 16.6. The van der Waals surface area contributed by atoms with Crippen LogP contribution in [0.15, 0.2) is 24.8 Å². The smallest absolute Gasteiger partial charge is 0.339 e. The van der Waals surface area contributed by atoms with Crippen LogP contribution in [0.4, 0.5) is 0 Å². The summed E-state index contributed by atoms with van der Waals surface area (Å²) in [5, 5.41) is 19.0. The Morgan fingerprint density at radius 3 is 2.48 bits per heavy atom. The van der Waals surface area contributed by atoms with Crippen molar-refractivity contribution in [1.29, 1.82) is 0 Å². The van der Waals surface area contributed by atoms with Crippen LogP contribution in [0.2, 0.25) is 0 Å². The van der Waals surface area contributed by atoms with Crippen LogP contribution in [-0.4, -0.2) is 54.5 Å². The number of carboxylic acid groups (broad SMARTS) is 1. The number of aliphatic hydroxyl groups excluding tert-OH is 1. The van der Waals surface area contributed by atoms with E-state index in [1.165, 1.54) is 19.1 Å². The van der Waals surface area contributed by atoms with Crippen LogP contribution in [-0.2, 0) is 20.7 Å². The van der Waals surface area contributed by atoms with Crippen molar-refractivity contribution < 1.29 is 38.8 Å². The molecule has 0 saturated heterocycles. The molecular formula is C17H20O8. The second-order valence-electron chi connectivity index (χ2n) is 5.03. The number of methoxy groups -OCH3 is 1. The van der Waals surface area contributed by atoms with Crippen LogP contribution in [0.5, 0.6) is 5.75 Å². The molecule has 0 aliphatic carbocycles. The fourth-order valence-corrected chi connectivity index (χ4v) is 2.13. The number of esters is 2. The highest BCUT2D eigenvalue weighted by molar-refractivity contribution is 6.04. The first-order valence-electron chi connectivity index (χ1n) is 7.39. The van der Waals surface area contributed by atoms with Gasteiger partial charge in [-0.2, -0.15) is 0 Å². The first-order valence-corrected chi connectivity index (χ1v) is 7.39. The van der Waals surface area contributed by atoms with Gasteiger partial charge in [0.2, 0.25) is 0 Å². The molecule has 0 fully saturated rings. The van der Waals surface area contributed by atoms with Gasteiger partial charge in [-0.15, -0.1) is 0 Å². The normalized spacial score (nSPS) is 11.3. The summed E-state index contributed by atoms with van der Waals surface area (Å²) in [5.41, 5.74) is -0.235. The van der Waals surface area contributed by atoms with Crippen LogP contribution in [0.3, 0.4) is 0 Å². The number of benzene rings is 1. The minimum atomic E-state index is -1.31. The molecule has 0 heterocycles. The van der Waals surface area contributed by atoms with E-state index in [0.717, 1.165) is 13.2 Å². The van der Waals surface area contributed by atoms with Crippen molar-refractivity contribution >= 4 is 17.9 Å². The van der Waals surface area contributed by atoms with Gasteiger partial charge in [-0.05, 0) is 19.1 Å². The zero-order valence-electron chi connectivity index (χ0n) is 14.0. The maximum atomic E-state index is 12.0. The first-order chi connectivity index (χ1) is 11.8. The maximum absolute atomic E-state index is 12.0. The number of carbonyl (C=O) groups is 3. The number of hydrogen-bond donors (Lipinski definition) is 2. The van der Waals surface area contributed by atoms with Crippen LogP contribution < -0.4 is 4.74 Å². The van der Waals surface area contributed by atoms with Crippen molar-refractivity contribution in [3.05, 3.63) is 41.5 Å². The number of carbonyl (C=O) groups excluding carboxylic acids is 2. The monoisotopic (exact) mass is 352 g/mol. The summed E-state index contributed by atoms with van der Waals surface area (Å²) in [4.78, 5) is 34.4. The zero-order valence-corrected chi connectivity index (χ0v) is 14.0. The SMILES string of the molecule is C=CC(=O)OCCOc1ccc(C(=O)O)c(C(=O)OC)c1CC(C)O. The Morgan fingerprint density at radius 1 is 1.28 bits per heavy atom. The number of hydrogen-bond acceptors (Lipinski definition) is 7. The molecule has 0 amide bonds. The number of ether oxygens (including phenoxy) is 3. The molecule has 1 aromatic rings. The van der Waals surface area contributed by atoms with Gasteiger partial charge in [-0.1, -0.05) is 6.58 Å². The van der Waals surface area contributed by atoms with E-state index in [2.05, 4.69) is 11.3 Å². The van der Waals surface area contributed by atoms with Crippen molar-refractivity contribution in [3.63, 3.8) is 0 Å². The minimum absolute atomic E-state index is 0.0205. The topological polar surface area (TPSA) is 119 Å². The molecule has 8 nitrogen and oxygen atoms in total. The van der Waals surface area contributed by atoms with Gasteiger partial charge in [-0.3, -0.25) is 0 Å². The zero-order chi connectivity index (χ0) is 19.0. The van der Waals surface area contributed by atoms with Gasteiger partial charge in [0.05, 0.1) is 24.3 Å². The predicted molar refractivity (Wildman–Crippen MR) is 86.8 cm³/mol. The Labute approximate surface area is 144 Å². The molecule has 0 aliphatic rings. The number of rotatable bonds is 9. The van der Waals surface area contributed by atoms with E-state index in [1.807, 2.05) is 0 Å². The van der Waals surface area contributed by atoms with Crippen molar-refractivity contribution in [2.75, 3.05) is 20.3 Å². The Hall–Kier alpha value is -2.87. The molecule has 25 heavy (non-hydrogen) atoms. The van der Waals surface area contributed by atoms with Crippen molar-refractivity contribution in [1.82, 2.24) is 0 Å². The molecule has 0 spiro atoms. The average molecular weight is 352 g/mol. The molecule has 2 N–H and O–H groups in total. The molecule has 0 aliphatic heterocycles. The van der Waals surface area contributed by atoms with Crippen molar-refractivity contribution in [3.8, 4) is 5.75 Å². The van der Waals surface area contributed by atoms with Gasteiger partial charge in [0.25, 0.3) is 0 Å². The maximum Gasteiger partial charge on any atom is 0.339 e.